The van der Waals surface area contributed by atoms with Gasteiger partial charge in [-0.1, -0.05) is 84.9 Å². The largest absolute Gasteiger partial charge is 0.338 e. The molecule has 0 atom stereocenters. The maximum absolute atomic E-state index is 12.7. The Labute approximate surface area is 297 Å². The molecule has 0 unspecified atom stereocenters. The van der Waals surface area contributed by atoms with E-state index in [1.165, 1.54) is 11.1 Å². The molecule has 8 amide bonds. The van der Waals surface area contributed by atoms with Gasteiger partial charge in [-0.3, -0.25) is 0 Å². The van der Waals surface area contributed by atoms with E-state index >= 15 is 0 Å². The predicted molar refractivity (Wildman–Crippen MR) is 198 cm³/mol. The van der Waals surface area contributed by atoms with Crippen molar-refractivity contribution in [1.82, 2.24) is 40.9 Å². The smallest absolute Gasteiger partial charge is 0.317 e. The topological polar surface area (TPSA) is 129 Å². The Bertz CT molecular complexity index is 1370. The Morgan fingerprint density at radius 3 is 1.12 bits per heavy atom. The summed E-state index contributed by atoms with van der Waals surface area (Å²) in [7, 11) is 6.97. The van der Waals surface area contributed by atoms with Gasteiger partial charge in [-0.25, -0.2) is 19.2 Å². The van der Waals surface area contributed by atoms with Crippen molar-refractivity contribution in [2.75, 3.05) is 67.5 Å². The minimum absolute atomic E-state index is 0.129. The highest BCUT2D eigenvalue weighted by molar-refractivity contribution is 5.75. The van der Waals surface area contributed by atoms with Gasteiger partial charge in [0.05, 0.1) is 0 Å². The quantitative estimate of drug-likeness (QED) is 0.157. The number of urea groups is 4. The first-order valence-corrected chi connectivity index (χ1v) is 17.2. The van der Waals surface area contributed by atoms with Crippen molar-refractivity contribution in [3.05, 3.63) is 107 Å². The molecule has 12 nitrogen and oxygen atoms in total. The number of nitrogens with zero attached hydrogens (tertiary/aromatic N) is 4. The van der Waals surface area contributed by atoms with E-state index in [0.29, 0.717) is 65.2 Å². The number of hydrogen-bond donors (Lipinski definition) is 4. The summed E-state index contributed by atoms with van der Waals surface area (Å²) in [5, 5.41) is 11.7. The summed E-state index contributed by atoms with van der Waals surface area (Å²) < 4.78 is 0. The molecule has 0 spiro atoms. The maximum Gasteiger partial charge on any atom is 0.317 e. The highest BCUT2D eigenvalue weighted by Gasteiger charge is 2.13. The van der Waals surface area contributed by atoms with Gasteiger partial charge in [0.2, 0.25) is 0 Å². The van der Waals surface area contributed by atoms with Gasteiger partial charge in [-0.2, -0.15) is 0 Å². The van der Waals surface area contributed by atoms with Gasteiger partial charge in [-0.05, 0) is 47.9 Å². The molecule has 0 heterocycles. The number of benzene rings is 3. The van der Waals surface area contributed by atoms with E-state index in [4.69, 9.17) is 0 Å². The Balaban J connectivity index is 1.26. The van der Waals surface area contributed by atoms with Crippen LogP contribution in [0.4, 0.5) is 19.2 Å². The summed E-state index contributed by atoms with van der Waals surface area (Å²) in [5.41, 5.74) is 4.19. The van der Waals surface area contributed by atoms with Crippen LogP contribution in [0.15, 0.2) is 84.9 Å². The first kappa shape index (κ1) is 39.2. The Morgan fingerprint density at radius 1 is 0.440 bits per heavy atom. The molecule has 0 aliphatic carbocycles. The highest BCUT2D eigenvalue weighted by atomic mass is 16.2. The fourth-order valence-electron chi connectivity index (χ4n) is 5.16. The molecule has 0 bridgehead atoms. The van der Waals surface area contributed by atoms with Crippen molar-refractivity contribution in [2.24, 2.45) is 0 Å². The van der Waals surface area contributed by atoms with Crippen molar-refractivity contribution in [2.45, 2.75) is 38.8 Å². The number of hydrogen-bond acceptors (Lipinski definition) is 4. The molecule has 270 valence electrons. The van der Waals surface area contributed by atoms with Crippen LogP contribution < -0.4 is 21.3 Å². The average molecular weight is 687 g/mol. The fraction of sp³-hybridized carbons (Fsp3) is 0.421. The molecular formula is C38H54N8O4. The molecule has 0 radical (unpaired) electrons. The van der Waals surface area contributed by atoms with Crippen LogP contribution >= 0.6 is 0 Å². The van der Waals surface area contributed by atoms with E-state index in [1.54, 1.807) is 47.8 Å². The summed E-state index contributed by atoms with van der Waals surface area (Å²) in [5.74, 6) is 0. The van der Waals surface area contributed by atoms with Crippen molar-refractivity contribution in [1.29, 1.82) is 0 Å². The van der Waals surface area contributed by atoms with Gasteiger partial charge in [0, 0.05) is 80.5 Å². The van der Waals surface area contributed by atoms with Crippen LogP contribution in [0.3, 0.4) is 0 Å². The van der Waals surface area contributed by atoms with Crippen molar-refractivity contribution in [3.8, 4) is 0 Å². The standard InChI is InChI=1S/C38H54N8O4/c1-43(35(47)39-22-20-31-14-7-5-8-15-31)24-12-26-45(3)37(49)41-29-33-18-11-19-34(28-33)30-42-38(50)46(4)27-13-25-44(2)36(48)40-23-21-32-16-9-6-10-17-32/h5-11,14-19,28H,12-13,20-27,29-30H2,1-4H3,(H,39,47)(H,40,48)(H,41,49)(H,42,50). The molecule has 0 fully saturated rings. The van der Waals surface area contributed by atoms with Gasteiger partial charge in [0.25, 0.3) is 0 Å². The Kier molecular flexibility index (Phi) is 17.0. The van der Waals surface area contributed by atoms with Crippen LogP contribution in [0.1, 0.15) is 35.1 Å². The van der Waals surface area contributed by atoms with Gasteiger partial charge in [0.15, 0.2) is 0 Å². The number of rotatable bonds is 18. The maximum atomic E-state index is 12.7. The molecule has 3 aromatic rings. The number of nitrogens with one attached hydrogen (secondary N) is 4. The molecule has 0 saturated carbocycles. The molecule has 12 heteroatoms. The summed E-state index contributed by atoms with van der Waals surface area (Å²) in [6, 6.07) is 27.1. The van der Waals surface area contributed by atoms with Crippen molar-refractivity contribution in [3.63, 3.8) is 0 Å². The Hall–Kier alpha value is -5.26. The van der Waals surface area contributed by atoms with Crippen molar-refractivity contribution < 1.29 is 19.2 Å². The SMILES string of the molecule is CN(CCCN(C)C(=O)NCc1cccc(CNC(=O)N(C)CCCN(C)C(=O)NCCc2ccccc2)c1)C(=O)NCCc1ccccc1. The van der Waals surface area contributed by atoms with Gasteiger partial charge in [0.1, 0.15) is 0 Å². The summed E-state index contributed by atoms with van der Waals surface area (Å²) in [6.45, 7) is 3.90. The lowest BCUT2D eigenvalue weighted by atomic mass is 10.1. The zero-order valence-corrected chi connectivity index (χ0v) is 30.0. The number of carbonyl (C=O) groups excluding carboxylic acids is 4. The van der Waals surface area contributed by atoms with Crippen LogP contribution in [0, 0.1) is 0 Å². The van der Waals surface area contributed by atoms with E-state index in [2.05, 4.69) is 21.3 Å². The summed E-state index contributed by atoms with van der Waals surface area (Å²) in [6.07, 6.45) is 2.85. The monoisotopic (exact) mass is 686 g/mol. The third-order valence-corrected chi connectivity index (χ3v) is 8.31. The van der Waals surface area contributed by atoms with E-state index in [9.17, 15) is 19.2 Å². The summed E-state index contributed by atoms with van der Waals surface area (Å²) in [4.78, 5) is 56.6. The van der Waals surface area contributed by atoms with Gasteiger partial charge < -0.3 is 40.9 Å². The van der Waals surface area contributed by atoms with Crippen molar-refractivity contribution >= 4 is 24.1 Å². The minimum Gasteiger partial charge on any atom is -0.338 e. The molecule has 0 aromatic heterocycles. The van der Waals surface area contributed by atoms with Gasteiger partial charge >= 0.3 is 24.1 Å². The van der Waals surface area contributed by atoms with Crippen LogP contribution in [0.25, 0.3) is 0 Å². The number of amides is 8. The van der Waals surface area contributed by atoms with E-state index < -0.39 is 0 Å². The molecule has 3 aromatic carbocycles. The second-order valence-corrected chi connectivity index (χ2v) is 12.5. The van der Waals surface area contributed by atoms with Crippen LogP contribution in [-0.2, 0) is 25.9 Å². The molecule has 0 aliphatic rings. The van der Waals surface area contributed by atoms with Crippen LogP contribution in [0.5, 0.6) is 0 Å². The van der Waals surface area contributed by atoms with Crippen LogP contribution in [0.2, 0.25) is 0 Å². The first-order valence-electron chi connectivity index (χ1n) is 17.2. The third-order valence-electron chi connectivity index (χ3n) is 8.31. The van der Waals surface area contributed by atoms with E-state index in [0.717, 1.165) is 24.0 Å². The normalized spacial score (nSPS) is 10.5. The van der Waals surface area contributed by atoms with Crippen LogP contribution in [-0.4, -0.2) is 111 Å². The zero-order valence-electron chi connectivity index (χ0n) is 30.0. The lowest BCUT2D eigenvalue weighted by Gasteiger charge is -2.22. The molecular weight excluding hydrogens is 632 g/mol. The second kappa shape index (κ2) is 21.7. The molecule has 3 rings (SSSR count). The molecule has 50 heavy (non-hydrogen) atoms. The number of carbonyl (C=O) groups is 4. The molecule has 0 aliphatic heterocycles. The lowest BCUT2D eigenvalue weighted by Crippen LogP contribution is -2.41. The van der Waals surface area contributed by atoms with E-state index in [-0.39, 0.29) is 24.1 Å². The highest BCUT2D eigenvalue weighted by Crippen LogP contribution is 2.06. The minimum atomic E-state index is -0.199. The Morgan fingerprint density at radius 2 is 0.760 bits per heavy atom. The molecule has 0 saturated heterocycles. The fourth-order valence-corrected chi connectivity index (χ4v) is 5.16. The lowest BCUT2D eigenvalue weighted by molar-refractivity contribution is 0.198. The van der Waals surface area contributed by atoms with Gasteiger partial charge in [-0.15, -0.1) is 0 Å². The summed E-state index contributed by atoms with van der Waals surface area (Å²) >= 11 is 0. The second-order valence-electron chi connectivity index (χ2n) is 12.5. The zero-order chi connectivity index (χ0) is 36.1. The predicted octanol–water partition coefficient (Wildman–Crippen LogP) is 4.52. The van der Waals surface area contributed by atoms with E-state index in [1.807, 2.05) is 84.9 Å². The average Bonchev–Trinajstić information content (AvgIpc) is 3.13. The molecule has 4 N–H and O–H groups in total. The third kappa shape index (κ3) is 14.9. The first-order chi connectivity index (χ1) is 24.1.